The smallest absolute Gasteiger partial charge is 0.387 e. The molecule has 0 saturated heterocycles. The molecule has 0 amide bonds. The minimum atomic E-state index is -2.98. The number of carbonyl (C=O) groups excluding carboxylic acids is 1. The molecule has 0 aliphatic heterocycles. The van der Waals surface area contributed by atoms with Crippen molar-refractivity contribution in [3.63, 3.8) is 0 Å². The van der Waals surface area contributed by atoms with E-state index in [0.717, 1.165) is 24.3 Å². The Balaban J connectivity index is 2.30. The van der Waals surface area contributed by atoms with Gasteiger partial charge in [-0.3, -0.25) is 4.79 Å². The van der Waals surface area contributed by atoms with Crippen LogP contribution in [0, 0.1) is 11.6 Å². The molecular weight excluding hydrogens is 356 g/mol. The highest BCUT2D eigenvalue weighted by atomic mass is 79.9. The third-order valence-electron chi connectivity index (χ3n) is 2.60. The zero-order chi connectivity index (χ0) is 15.6. The van der Waals surface area contributed by atoms with E-state index >= 15 is 0 Å². The van der Waals surface area contributed by atoms with Crippen LogP contribution in [0.4, 0.5) is 17.6 Å². The molecule has 0 heterocycles. The lowest BCUT2D eigenvalue weighted by Crippen LogP contribution is -2.06. The summed E-state index contributed by atoms with van der Waals surface area (Å²) < 4.78 is 55.1. The van der Waals surface area contributed by atoms with Gasteiger partial charge in [-0.15, -0.1) is 0 Å². The maximum atomic E-state index is 13.7. The van der Waals surface area contributed by atoms with Crippen molar-refractivity contribution in [2.45, 2.75) is 6.61 Å². The van der Waals surface area contributed by atoms with Crippen LogP contribution in [0.5, 0.6) is 5.75 Å². The SMILES string of the molecule is O=C(c1ccc(OC(F)F)cc1)c1cc(F)c(Br)cc1F. The minimum Gasteiger partial charge on any atom is -0.435 e. The molecule has 2 aromatic rings. The van der Waals surface area contributed by atoms with Crippen LogP contribution in [0.2, 0.25) is 0 Å². The van der Waals surface area contributed by atoms with Crippen molar-refractivity contribution in [2.24, 2.45) is 0 Å². The Hall–Kier alpha value is -1.89. The molecule has 0 fully saturated rings. The van der Waals surface area contributed by atoms with Crippen molar-refractivity contribution >= 4 is 21.7 Å². The Labute approximate surface area is 125 Å². The number of carbonyl (C=O) groups is 1. The first kappa shape index (κ1) is 15.5. The van der Waals surface area contributed by atoms with E-state index in [0.29, 0.717) is 0 Å². The largest absolute Gasteiger partial charge is 0.435 e. The standard InChI is InChI=1S/C14H7BrF4O2/c15-10-6-11(16)9(5-12(10)17)13(20)7-1-3-8(4-2-7)21-14(18)19/h1-6,14H. The van der Waals surface area contributed by atoms with Crippen molar-refractivity contribution in [2.75, 3.05) is 0 Å². The van der Waals surface area contributed by atoms with E-state index in [1.54, 1.807) is 0 Å². The number of benzene rings is 2. The quantitative estimate of drug-likeness (QED) is 0.452. The molecule has 2 rings (SSSR count). The molecule has 0 aromatic heterocycles. The lowest BCUT2D eigenvalue weighted by molar-refractivity contribution is -0.0498. The van der Waals surface area contributed by atoms with E-state index < -0.39 is 29.6 Å². The highest BCUT2D eigenvalue weighted by molar-refractivity contribution is 9.10. The van der Waals surface area contributed by atoms with Crippen LogP contribution in [-0.2, 0) is 0 Å². The fraction of sp³-hybridized carbons (Fsp3) is 0.0714. The Bertz CT molecular complexity index is 671. The van der Waals surface area contributed by atoms with Gasteiger partial charge < -0.3 is 4.74 Å². The Morgan fingerprint density at radius 2 is 1.67 bits per heavy atom. The number of rotatable bonds is 4. The minimum absolute atomic E-state index is 0.0252. The molecule has 0 saturated carbocycles. The Morgan fingerprint density at radius 3 is 2.24 bits per heavy atom. The molecule has 21 heavy (non-hydrogen) atoms. The summed E-state index contributed by atoms with van der Waals surface area (Å²) in [4.78, 5) is 12.1. The van der Waals surface area contributed by atoms with Gasteiger partial charge in [0.1, 0.15) is 17.4 Å². The van der Waals surface area contributed by atoms with Gasteiger partial charge in [-0.2, -0.15) is 8.78 Å². The maximum absolute atomic E-state index is 13.7. The predicted octanol–water partition coefficient (Wildman–Crippen LogP) is 4.56. The van der Waals surface area contributed by atoms with Gasteiger partial charge in [0.2, 0.25) is 0 Å². The fourth-order valence-corrected chi connectivity index (χ4v) is 1.96. The first-order valence-electron chi connectivity index (χ1n) is 5.62. The summed E-state index contributed by atoms with van der Waals surface area (Å²) in [7, 11) is 0. The van der Waals surface area contributed by atoms with Gasteiger partial charge in [0.15, 0.2) is 5.78 Å². The molecule has 0 N–H and O–H groups in total. The fourth-order valence-electron chi connectivity index (χ4n) is 1.64. The first-order valence-corrected chi connectivity index (χ1v) is 6.42. The summed E-state index contributed by atoms with van der Waals surface area (Å²) in [6.45, 7) is -2.98. The molecule has 7 heteroatoms. The second-order valence-corrected chi connectivity index (χ2v) is 4.83. The highest BCUT2D eigenvalue weighted by Gasteiger charge is 2.17. The van der Waals surface area contributed by atoms with Crippen LogP contribution < -0.4 is 4.74 Å². The lowest BCUT2D eigenvalue weighted by atomic mass is 10.0. The molecule has 0 bridgehead atoms. The van der Waals surface area contributed by atoms with Crippen molar-refractivity contribution < 1.29 is 27.1 Å². The number of hydrogen-bond acceptors (Lipinski definition) is 2. The van der Waals surface area contributed by atoms with Gasteiger partial charge in [0, 0.05) is 5.56 Å². The Morgan fingerprint density at radius 1 is 1.05 bits per heavy atom. The molecule has 110 valence electrons. The molecule has 0 spiro atoms. The number of halogens is 5. The van der Waals surface area contributed by atoms with Crippen molar-refractivity contribution in [3.8, 4) is 5.75 Å². The second kappa shape index (κ2) is 6.26. The average molecular weight is 363 g/mol. The van der Waals surface area contributed by atoms with Gasteiger partial charge in [0.25, 0.3) is 0 Å². The monoisotopic (exact) mass is 362 g/mol. The normalized spacial score (nSPS) is 10.8. The van der Waals surface area contributed by atoms with Crippen LogP contribution in [0.1, 0.15) is 15.9 Å². The summed E-state index contributed by atoms with van der Waals surface area (Å²) >= 11 is 2.80. The molecule has 0 radical (unpaired) electrons. The van der Waals surface area contributed by atoms with E-state index in [1.807, 2.05) is 0 Å². The third kappa shape index (κ3) is 3.60. The van der Waals surface area contributed by atoms with Crippen molar-refractivity contribution in [1.82, 2.24) is 0 Å². The second-order valence-electron chi connectivity index (χ2n) is 3.98. The van der Waals surface area contributed by atoms with E-state index in [4.69, 9.17) is 0 Å². The summed E-state index contributed by atoms with van der Waals surface area (Å²) in [6, 6.07) is 6.29. The average Bonchev–Trinajstić information content (AvgIpc) is 2.42. The van der Waals surface area contributed by atoms with E-state index in [9.17, 15) is 22.4 Å². The zero-order valence-corrected chi connectivity index (χ0v) is 11.8. The molecule has 2 nitrogen and oxygen atoms in total. The van der Waals surface area contributed by atoms with Crippen LogP contribution in [0.3, 0.4) is 0 Å². The molecule has 2 aromatic carbocycles. The van der Waals surface area contributed by atoms with Crippen LogP contribution in [-0.4, -0.2) is 12.4 Å². The third-order valence-corrected chi connectivity index (χ3v) is 3.20. The van der Waals surface area contributed by atoms with E-state index in [2.05, 4.69) is 20.7 Å². The number of ketones is 1. The zero-order valence-electron chi connectivity index (χ0n) is 10.2. The summed E-state index contributed by atoms with van der Waals surface area (Å²) in [5.74, 6) is -2.56. The van der Waals surface area contributed by atoms with Gasteiger partial charge in [0.05, 0.1) is 10.0 Å². The first-order chi connectivity index (χ1) is 9.88. The van der Waals surface area contributed by atoms with Crippen molar-refractivity contribution in [3.05, 3.63) is 63.6 Å². The van der Waals surface area contributed by atoms with Crippen molar-refractivity contribution in [1.29, 1.82) is 0 Å². The maximum Gasteiger partial charge on any atom is 0.387 e. The summed E-state index contributed by atoms with van der Waals surface area (Å²) in [5, 5.41) is 0. The molecule has 0 atom stereocenters. The number of ether oxygens (including phenoxy) is 1. The number of alkyl halides is 2. The molecule has 0 unspecified atom stereocenters. The highest BCUT2D eigenvalue weighted by Crippen LogP contribution is 2.23. The summed E-state index contributed by atoms with van der Waals surface area (Å²) in [6.07, 6.45) is 0. The summed E-state index contributed by atoms with van der Waals surface area (Å²) in [5.41, 5.74) is -0.421. The predicted molar refractivity (Wildman–Crippen MR) is 70.6 cm³/mol. The van der Waals surface area contributed by atoms with E-state index in [1.165, 1.54) is 12.1 Å². The molecule has 0 aliphatic carbocycles. The molecular formula is C14H7BrF4O2. The van der Waals surface area contributed by atoms with Gasteiger partial charge in [-0.1, -0.05) is 0 Å². The van der Waals surface area contributed by atoms with Gasteiger partial charge in [-0.05, 0) is 52.3 Å². The Kier molecular flexibility index (Phi) is 4.62. The van der Waals surface area contributed by atoms with E-state index in [-0.39, 0.29) is 15.8 Å². The van der Waals surface area contributed by atoms with Gasteiger partial charge >= 0.3 is 6.61 Å². The number of hydrogen-bond donors (Lipinski definition) is 0. The topological polar surface area (TPSA) is 26.3 Å². The van der Waals surface area contributed by atoms with Crippen LogP contribution in [0.25, 0.3) is 0 Å². The lowest BCUT2D eigenvalue weighted by Gasteiger charge is -2.07. The molecule has 0 aliphatic rings. The van der Waals surface area contributed by atoms with Crippen LogP contribution >= 0.6 is 15.9 Å². The van der Waals surface area contributed by atoms with Crippen LogP contribution in [0.15, 0.2) is 40.9 Å². The van der Waals surface area contributed by atoms with Gasteiger partial charge in [-0.25, -0.2) is 8.78 Å².